The van der Waals surface area contributed by atoms with Crippen LogP contribution in [0.3, 0.4) is 0 Å². The summed E-state index contributed by atoms with van der Waals surface area (Å²) in [6.07, 6.45) is 1.19. The lowest BCUT2D eigenvalue weighted by Crippen LogP contribution is -2.60. The van der Waals surface area contributed by atoms with E-state index in [1.807, 2.05) is 23.9 Å². The van der Waals surface area contributed by atoms with Crippen molar-refractivity contribution in [3.8, 4) is 0 Å². The monoisotopic (exact) mass is 380 g/mol. The molecule has 2 aliphatic heterocycles. The van der Waals surface area contributed by atoms with Crippen LogP contribution in [0.2, 0.25) is 0 Å². The van der Waals surface area contributed by atoms with Gasteiger partial charge in [0.2, 0.25) is 0 Å². The van der Waals surface area contributed by atoms with Crippen molar-refractivity contribution >= 4 is 17.7 Å². The second-order valence-electron chi connectivity index (χ2n) is 6.99. The van der Waals surface area contributed by atoms with E-state index in [-0.39, 0.29) is 11.4 Å². The molecule has 0 radical (unpaired) electrons. The average molecular weight is 381 g/mol. The first-order valence-corrected chi connectivity index (χ1v) is 10.4. The summed E-state index contributed by atoms with van der Waals surface area (Å²) in [5, 5.41) is 6.86. The highest BCUT2D eigenvalue weighted by Gasteiger charge is 2.40. The van der Waals surface area contributed by atoms with Gasteiger partial charge in [-0.1, -0.05) is 12.1 Å². The summed E-state index contributed by atoms with van der Waals surface area (Å²) >= 11 is 2.03. The molecule has 2 N–H and O–H groups in total. The molecule has 0 aliphatic carbocycles. The van der Waals surface area contributed by atoms with Crippen LogP contribution in [0, 0.1) is 12.7 Å². The molecule has 1 aromatic rings. The minimum Gasteiger partial charge on any atom is -0.379 e. The number of thioether (sulfide) groups is 1. The zero-order valence-corrected chi connectivity index (χ0v) is 16.5. The molecule has 2 saturated heterocycles. The van der Waals surface area contributed by atoms with E-state index in [4.69, 9.17) is 4.74 Å². The molecule has 2 heterocycles. The zero-order chi connectivity index (χ0) is 18.4. The molecule has 0 saturated carbocycles. The van der Waals surface area contributed by atoms with E-state index in [0.717, 1.165) is 50.1 Å². The number of ether oxygens (including phenoxy) is 1. The van der Waals surface area contributed by atoms with Crippen molar-refractivity contribution in [2.75, 3.05) is 51.4 Å². The van der Waals surface area contributed by atoms with Gasteiger partial charge in [-0.2, -0.15) is 11.8 Å². The SMILES string of the molecule is CN=C(NCc1ccc(F)c(C)c1)NCC1(N2CCOCC2)CCSC1. The molecule has 0 aromatic heterocycles. The topological polar surface area (TPSA) is 48.9 Å². The maximum Gasteiger partial charge on any atom is 0.191 e. The number of halogens is 1. The first-order chi connectivity index (χ1) is 12.6. The Balaban J connectivity index is 1.56. The van der Waals surface area contributed by atoms with E-state index < -0.39 is 0 Å². The molecule has 0 spiro atoms. The minimum atomic E-state index is -0.164. The lowest BCUT2D eigenvalue weighted by Gasteiger charge is -2.43. The molecule has 0 bridgehead atoms. The maximum atomic E-state index is 13.4. The summed E-state index contributed by atoms with van der Waals surface area (Å²) in [4.78, 5) is 6.93. The van der Waals surface area contributed by atoms with Gasteiger partial charge >= 0.3 is 0 Å². The number of benzene rings is 1. The molecule has 0 amide bonds. The third-order valence-corrected chi connectivity index (χ3v) is 6.49. The van der Waals surface area contributed by atoms with Crippen LogP contribution in [0.5, 0.6) is 0 Å². The summed E-state index contributed by atoms with van der Waals surface area (Å²) in [7, 11) is 1.79. The number of nitrogens with one attached hydrogen (secondary N) is 2. The Morgan fingerprint density at radius 1 is 1.35 bits per heavy atom. The van der Waals surface area contributed by atoms with Crippen LogP contribution in [0.25, 0.3) is 0 Å². The van der Waals surface area contributed by atoms with Crippen LogP contribution < -0.4 is 10.6 Å². The van der Waals surface area contributed by atoms with Gasteiger partial charge in [0.15, 0.2) is 5.96 Å². The van der Waals surface area contributed by atoms with E-state index in [2.05, 4.69) is 20.5 Å². The predicted octanol–water partition coefficient (Wildman–Crippen LogP) is 2.01. The summed E-state index contributed by atoms with van der Waals surface area (Å²) in [5.41, 5.74) is 1.89. The Bertz CT molecular complexity index is 628. The Morgan fingerprint density at radius 3 is 2.81 bits per heavy atom. The van der Waals surface area contributed by atoms with Crippen LogP contribution in [0.4, 0.5) is 4.39 Å². The summed E-state index contributed by atoms with van der Waals surface area (Å²) in [6.45, 7) is 6.94. The Morgan fingerprint density at radius 2 is 2.15 bits per heavy atom. The fraction of sp³-hybridized carbons (Fsp3) is 0.632. The van der Waals surface area contributed by atoms with Crippen molar-refractivity contribution in [2.45, 2.75) is 25.4 Å². The van der Waals surface area contributed by atoms with Crippen LogP contribution >= 0.6 is 11.8 Å². The van der Waals surface area contributed by atoms with Crippen molar-refractivity contribution in [3.63, 3.8) is 0 Å². The summed E-state index contributed by atoms with van der Waals surface area (Å²) in [6, 6.07) is 5.20. The first-order valence-electron chi connectivity index (χ1n) is 9.23. The van der Waals surface area contributed by atoms with Gasteiger partial charge in [-0.3, -0.25) is 9.89 Å². The van der Waals surface area contributed by atoms with Gasteiger partial charge in [0.25, 0.3) is 0 Å². The first kappa shape index (κ1) is 19.5. The molecule has 5 nitrogen and oxygen atoms in total. The predicted molar refractivity (Wildman–Crippen MR) is 106 cm³/mol. The van der Waals surface area contributed by atoms with E-state index in [0.29, 0.717) is 12.1 Å². The number of rotatable bonds is 5. The van der Waals surface area contributed by atoms with Gasteiger partial charge in [-0.15, -0.1) is 0 Å². The number of nitrogens with zero attached hydrogens (tertiary/aromatic N) is 2. The fourth-order valence-corrected chi connectivity index (χ4v) is 5.08. The molecule has 26 heavy (non-hydrogen) atoms. The smallest absolute Gasteiger partial charge is 0.191 e. The number of hydrogen-bond acceptors (Lipinski definition) is 4. The number of aliphatic imine (C=N–C) groups is 1. The lowest BCUT2D eigenvalue weighted by molar-refractivity contribution is -0.0120. The van der Waals surface area contributed by atoms with Gasteiger partial charge in [0.1, 0.15) is 5.82 Å². The van der Waals surface area contributed by atoms with Crippen molar-refractivity contribution in [2.24, 2.45) is 4.99 Å². The standard InChI is InChI=1S/C19H29FN4OS/c1-15-11-16(3-4-17(15)20)12-22-18(21-2)23-13-19(5-10-26-14-19)24-6-8-25-9-7-24/h3-4,11H,5-10,12-14H2,1-2H3,(H2,21,22,23). The molecule has 1 aromatic carbocycles. The van der Waals surface area contributed by atoms with Crippen LogP contribution in [0.15, 0.2) is 23.2 Å². The van der Waals surface area contributed by atoms with Crippen LogP contribution in [0.1, 0.15) is 17.5 Å². The van der Waals surface area contributed by atoms with Crippen molar-refractivity contribution in [1.82, 2.24) is 15.5 Å². The number of guanidine groups is 1. The molecule has 7 heteroatoms. The molecule has 1 unspecified atom stereocenters. The molecule has 1 atom stereocenters. The number of aryl methyl sites for hydroxylation is 1. The van der Waals surface area contributed by atoms with Gasteiger partial charge in [0, 0.05) is 44.5 Å². The fourth-order valence-electron chi connectivity index (χ4n) is 3.61. The Hall–Kier alpha value is -1.31. The molecule has 3 rings (SSSR count). The van der Waals surface area contributed by atoms with Gasteiger partial charge < -0.3 is 15.4 Å². The van der Waals surface area contributed by atoms with Gasteiger partial charge in [-0.05, 0) is 36.3 Å². The highest BCUT2D eigenvalue weighted by atomic mass is 32.2. The lowest BCUT2D eigenvalue weighted by atomic mass is 9.95. The molecule has 2 aliphatic rings. The second-order valence-corrected chi connectivity index (χ2v) is 8.09. The van der Waals surface area contributed by atoms with Crippen LogP contribution in [-0.4, -0.2) is 67.8 Å². The van der Waals surface area contributed by atoms with E-state index in [1.165, 1.54) is 18.2 Å². The highest BCUT2D eigenvalue weighted by Crippen LogP contribution is 2.33. The summed E-state index contributed by atoms with van der Waals surface area (Å²) in [5.74, 6) is 2.98. The second kappa shape index (κ2) is 9.06. The average Bonchev–Trinajstić information content (AvgIpc) is 3.15. The van der Waals surface area contributed by atoms with E-state index in [9.17, 15) is 4.39 Å². The third kappa shape index (κ3) is 4.69. The van der Waals surface area contributed by atoms with Gasteiger partial charge in [0.05, 0.1) is 13.2 Å². The van der Waals surface area contributed by atoms with E-state index in [1.54, 1.807) is 14.0 Å². The molecular formula is C19H29FN4OS. The van der Waals surface area contributed by atoms with Crippen molar-refractivity contribution < 1.29 is 9.13 Å². The quantitative estimate of drug-likeness (QED) is 0.605. The normalized spacial score (nSPS) is 24.7. The molecule has 2 fully saturated rings. The Labute approximate surface area is 159 Å². The zero-order valence-electron chi connectivity index (χ0n) is 15.7. The van der Waals surface area contributed by atoms with Gasteiger partial charge in [-0.25, -0.2) is 4.39 Å². The molecule has 144 valence electrons. The third-order valence-electron chi connectivity index (χ3n) is 5.26. The van der Waals surface area contributed by atoms with E-state index >= 15 is 0 Å². The summed E-state index contributed by atoms with van der Waals surface area (Å²) < 4.78 is 18.9. The van der Waals surface area contributed by atoms with Crippen LogP contribution in [-0.2, 0) is 11.3 Å². The number of morpholine rings is 1. The molecular weight excluding hydrogens is 351 g/mol. The number of hydrogen-bond donors (Lipinski definition) is 2. The van der Waals surface area contributed by atoms with Crippen molar-refractivity contribution in [3.05, 3.63) is 35.1 Å². The largest absolute Gasteiger partial charge is 0.379 e. The minimum absolute atomic E-state index is 0.164. The Kier molecular flexibility index (Phi) is 6.78. The van der Waals surface area contributed by atoms with Crippen molar-refractivity contribution in [1.29, 1.82) is 0 Å². The maximum absolute atomic E-state index is 13.4. The highest BCUT2D eigenvalue weighted by molar-refractivity contribution is 7.99.